The minimum Gasteiger partial charge on any atom is -0.297 e. The van der Waals surface area contributed by atoms with Crippen LogP contribution >= 0.6 is 11.6 Å². The zero-order chi connectivity index (χ0) is 15.3. The Morgan fingerprint density at radius 3 is 2.57 bits per heavy atom. The predicted molar refractivity (Wildman–Crippen MR) is 84.6 cm³/mol. The molecule has 0 bridgehead atoms. The van der Waals surface area contributed by atoms with Crippen LogP contribution in [-0.4, -0.2) is 19.2 Å². The van der Waals surface area contributed by atoms with Gasteiger partial charge in [0.15, 0.2) is 0 Å². The van der Waals surface area contributed by atoms with E-state index < -0.39 is 0 Å². The molecule has 3 heterocycles. The van der Waals surface area contributed by atoms with Gasteiger partial charge in [-0.05, 0) is 37.8 Å². The number of fused-ring (bicyclic) bond motifs is 1. The topological polar surface area (TPSA) is 35.1 Å². The van der Waals surface area contributed by atoms with Crippen molar-refractivity contribution in [2.75, 3.05) is 0 Å². The fraction of sp³-hybridized carbons (Fsp3) is 0.250. The summed E-state index contributed by atoms with van der Waals surface area (Å²) in [6, 6.07) is 2.09. The summed E-state index contributed by atoms with van der Waals surface area (Å²) < 4.78 is 3.67. The highest BCUT2D eigenvalue weighted by molar-refractivity contribution is 6.34. The number of imidazole rings is 1. The Labute approximate surface area is 128 Å². The Hall–Kier alpha value is -2.25. The van der Waals surface area contributed by atoms with Crippen LogP contribution in [-0.2, 0) is 7.05 Å². The maximum Gasteiger partial charge on any atom is 0.140 e. The number of aryl methyl sites for hydroxylation is 4. The highest BCUT2D eigenvalue weighted by Gasteiger charge is 2.20. The van der Waals surface area contributed by atoms with E-state index in [2.05, 4.69) is 22.1 Å². The summed E-state index contributed by atoms with van der Waals surface area (Å²) in [5, 5.41) is 4.99. The molecule has 0 aliphatic rings. The van der Waals surface area contributed by atoms with E-state index in [1.807, 2.05) is 31.4 Å². The van der Waals surface area contributed by atoms with Crippen LogP contribution in [0.15, 0.2) is 12.3 Å². The summed E-state index contributed by atoms with van der Waals surface area (Å²) in [6.07, 6.45) is 7.50. The third-order valence-electron chi connectivity index (χ3n) is 3.58. The SMILES string of the molecule is C#Cc1c(Cl)c(-c2c(C)cc(C)c3nc(C)cn23)nn1C. The Morgan fingerprint density at radius 1 is 1.24 bits per heavy atom. The molecular formula is C16H15ClN4. The highest BCUT2D eigenvalue weighted by Crippen LogP contribution is 2.33. The molecule has 0 amide bonds. The van der Waals surface area contributed by atoms with Crippen LogP contribution in [0.1, 0.15) is 22.5 Å². The first-order chi connectivity index (χ1) is 9.93. The van der Waals surface area contributed by atoms with Crippen molar-refractivity contribution < 1.29 is 0 Å². The van der Waals surface area contributed by atoms with E-state index >= 15 is 0 Å². The van der Waals surface area contributed by atoms with Crippen molar-refractivity contribution in [2.24, 2.45) is 7.05 Å². The zero-order valence-corrected chi connectivity index (χ0v) is 13.2. The van der Waals surface area contributed by atoms with Crippen LogP contribution in [0.25, 0.3) is 17.0 Å². The van der Waals surface area contributed by atoms with Crippen LogP contribution < -0.4 is 0 Å². The summed E-state index contributed by atoms with van der Waals surface area (Å²) in [5.74, 6) is 2.58. The van der Waals surface area contributed by atoms with Gasteiger partial charge in [0, 0.05) is 13.2 Å². The van der Waals surface area contributed by atoms with E-state index in [0.717, 1.165) is 28.2 Å². The van der Waals surface area contributed by atoms with Gasteiger partial charge in [-0.3, -0.25) is 9.08 Å². The molecule has 3 rings (SSSR count). The van der Waals surface area contributed by atoms with Crippen molar-refractivity contribution in [1.29, 1.82) is 0 Å². The van der Waals surface area contributed by atoms with Gasteiger partial charge in [0.1, 0.15) is 22.1 Å². The highest BCUT2D eigenvalue weighted by atomic mass is 35.5. The first-order valence-corrected chi connectivity index (χ1v) is 6.97. The molecule has 21 heavy (non-hydrogen) atoms. The third kappa shape index (κ3) is 1.93. The van der Waals surface area contributed by atoms with Gasteiger partial charge < -0.3 is 0 Å². The molecule has 3 aromatic rings. The predicted octanol–water partition coefficient (Wildman–Crippen LogP) is 3.29. The average molecular weight is 299 g/mol. The lowest BCUT2D eigenvalue weighted by Crippen LogP contribution is -1.99. The van der Waals surface area contributed by atoms with Gasteiger partial charge >= 0.3 is 0 Å². The first-order valence-electron chi connectivity index (χ1n) is 6.59. The lowest BCUT2D eigenvalue weighted by atomic mass is 10.1. The summed E-state index contributed by atoms with van der Waals surface area (Å²) in [4.78, 5) is 4.56. The van der Waals surface area contributed by atoms with Crippen molar-refractivity contribution in [1.82, 2.24) is 19.2 Å². The van der Waals surface area contributed by atoms with Crippen molar-refractivity contribution in [3.05, 3.63) is 39.8 Å². The van der Waals surface area contributed by atoms with Gasteiger partial charge in [0.2, 0.25) is 0 Å². The van der Waals surface area contributed by atoms with Crippen LogP contribution in [0.4, 0.5) is 0 Å². The molecule has 0 N–H and O–H groups in total. The lowest BCUT2D eigenvalue weighted by Gasteiger charge is -2.09. The lowest BCUT2D eigenvalue weighted by molar-refractivity contribution is 0.759. The van der Waals surface area contributed by atoms with Crippen molar-refractivity contribution >= 4 is 17.2 Å². The van der Waals surface area contributed by atoms with Crippen LogP contribution in [0.5, 0.6) is 0 Å². The molecule has 0 aliphatic carbocycles. The van der Waals surface area contributed by atoms with E-state index in [0.29, 0.717) is 16.4 Å². The number of halogens is 1. The minimum atomic E-state index is 0.500. The minimum absolute atomic E-state index is 0.500. The van der Waals surface area contributed by atoms with Crippen LogP contribution in [0.3, 0.4) is 0 Å². The molecule has 0 saturated heterocycles. The smallest absolute Gasteiger partial charge is 0.140 e. The Balaban J connectivity index is 2.43. The molecule has 0 unspecified atom stereocenters. The Bertz CT molecular complexity index is 909. The summed E-state index contributed by atoms with van der Waals surface area (Å²) in [5.41, 5.74) is 6.27. The van der Waals surface area contributed by atoms with E-state index in [1.54, 1.807) is 11.7 Å². The van der Waals surface area contributed by atoms with Gasteiger partial charge in [0.25, 0.3) is 0 Å². The molecule has 3 aromatic heterocycles. The Kier molecular flexibility index (Phi) is 3.03. The van der Waals surface area contributed by atoms with E-state index in [-0.39, 0.29) is 0 Å². The second kappa shape index (κ2) is 4.64. The zero-order valence-electron chi connectivity index (χ0n) is 12.4. The molecule has 0 spiro atoms. The number of rotatable bonds is 1. The molecule has 0 atom stereocenters. The normalized spacial score (nSPS) is 11.0. The molecule has 0 radical (unpaired) electrons. The average Bonchev–Trinajstić information content (AvgIpc) is 2.91. The fourth-order valence-corrected chi connectivity index (χ4v) is 3.01. The first kappa shape index (κ1) is 13.7. The van der Waals surface area contributed by atoms with Gasteiger partial charge in [-0.1, -0.05) is 17.7 Å². The summed E-state index contributed by atoms with van der Waals surface area (Å²) in [6.45, 7) is 6.06. The third-order valence-corrected chi connectivity index (χ3v) is 3.93. The standard InChI is InChI=1S/C16H15ClN4/c1-6-12-13(17)14(19-20(12)5)15-9(2)7-10(3)16-18-11(4)8-21(15)16/h1,7-8H,2-5H3. The van der Waals surface area contributed by atoms with Crippen molar-refractivity contribution in [3.63, 3.8) is 0 Å². The molecule has 0 fully saturated rings. The summed E-state index contributed by atoms with van der Waals surface area (Å²) in [7, 11) is 1.80. The number of nitrogens with zero attached hydrogens (tertiary/aromatic N) is 4. The largest absolute Gasteiger partial charge is 0.297 e. The molecular weight excluding hydrogens is 284 g/mol. The second-order valence-electron chi connectivity index (χ2n) is 5.21. The molecule has 0 aliphatic heterocycles. The second-order valence-corrected chi connectivity index (χ2v) is 5.59. The van der Waals surface area contributed by atoms with Gasteiger partial charge in [-0.2, -0.15) is 5.10 Å². The van der Waals surface area contributed by atoms with Crippen LogP contribution in [0, 0.1) is 33.1 Å². The molecule has 0 aromatic carbocycles. The number of aromatic nitrogens is 4. The molecule has 106 valence electrons. The van der Waals surface area contributed by atoms with E-state index in [1.165, 1.54) is 0 Å². The fourth-order valence-electron chi connectivity index (χ4n) is 2.70. The van der Waals surface area contributed by atoms with Gasteiger partial charge in [-0.15, -0.1) is 6.42 Å². The van der Waals surface area contributed by atoms with Gasteiger partial charge in [0.05, 0.1) is 11.4 Å². The Morgan fingerprint density at radius 2 is 1.95 bits per heavy atom. The van der Waals surface area contributed by atoms with Gasteiger partial charge in [-0.25, -0.2) is 4.98 Å². The monoisotopic (exact) mass is 298 g/mol. The molecule has 4 nitrogen and oxygen atoms in total. The molecule has 5 heteroatoms. The number of terminal acetylenes is 1. The number of hydrogen-bond acceptors (Lipinski definition) is 2. The van der Waals surface area contributed by atoms with Crippen molar-refractivity contribution in [3.8, 4) is 23.7 Å². The summed E-state index contributed by atoms with van der Waals surface area (Å²) >= 11 is 6.42. The maximum atomic E-state index is 6.42. The van der Waals surface area contributed by atoms with E-state index in [4.69, 9.17) is 18.0 Å². The van der Waals surface area contributed by atoms with E-state index in [9.17, 15) is 0 Å². The molecule has 0 saturated carbocycles. The van der Waals surface area contributed by atoms with Crippen molar-refractivity contribution in [2.45, 2.75) is 20.8 Å². The van der Waals surface area contributed by atoms with Crippen LogP contribution in [0.2, 0.25) is 5.02 Å². The number of pyridine rings is 1. The maximum absolute atomic E-state index is 6.42. The number of hydrogen-bond donors (Lipinski definition) is 0. The quantitative estimate of drug-likeness (QED) is 0.646.